The average molecular weight is 415 g/mol. The number of hydrogen-bond donors (Lipinski definition) is 1. The highest BCUT2D eigenvalue weighted by Crippen LogP contribution is 2.27. The van der Waals surface area contributed by atoms with E-state index in [2.05, 4.69) is 46.8 Å². The Hall–Kier alpha value is -3.79. The second-order valence-electron chi connectivity index (χ2n) is 7.70. The maximum absolute atomic E-state index is 15.3. The van der Waals surface area contributed by atoms with Crippen LogP contribution in [0.3, 0.4) is 0 Å². The number of hydrogen-bond acceptors (Lipinski definition) is 8. The molecule has 9 nitrogen and oxygen atoms in total. The maximum Gasteiger partial charge on any atom is 0.161 e. The standard InChI is InChI=1S/C21H18FN9/c1-30-2-4-31(5-3-30)15-10-23-8-14-19(15)29-21(28-14)20-16-13(27-20)9-26-18(17(16)22)12-6-24-11-25-7-12/h6-11H,2-5H2,1H3,(H,28,29). The number of imidazole rings is 1. The molecule has 0 amide bonds. The van der Waals surface area contributed by atoms with Crippen LogP contribution >= 0.6 is 0 Å². The fourth-order valence-electron chi connectivity index (χ4n) is 4.02. The first kappa shape index (κ1) is 18.0. The molecule has 1 saturated heterocycles. The Labute approximate surface area is 176 Å². The summed E-state index contributed by atoms with van der Waals surface area (Å²) in [7, 11) is 2.12. The molecule has 6 heterocycles. The molecule has 0 spiro atoms. The molecule has 2 aliphatic rings. The Bertz CT molecular complexity index is 1420. The van der Waals surface area contributed by atoms with Gasteiger partial charge in [0.15, 0.2) is 11.6 Å². The van der Waals surface area contributed by atoms with Crippen molar-refractivity contribution in [3.63, 3.8) is 0 Å². The molecule has 31 heavy (non-hydrogen) atoms. The van der Waals surface area contributed by atoms with Crippen LogP contribution in [0.5, 0.6) is 0 Å². The van der Waals surface area contributed by atoms with E-state index in [1.54, 1.807) is 12.4 Å². The summed E-state index contributed by atoms with van der Waals surface area (Å²) < 4.78 is 15.3. The van der Waals surface area contributed by atoms with Crippen molar-refractivity contribution >= 4 is 22.4 Å². The highest BCUT2D eigenvalue weighted by Gasteiger charge is 2.23. The third kappa shape index (κ3) is 2.87. The number of aromatic amines is 1. The SMILES string of the molecule is CN1CCN(c2cncc3[nH]c(C4=c5c(F)c(-c6cncnc6)ncc5=N4)nc23)CC1. The normalized spacial score (nSPS) is 16.2. The van der Waals surface area contributed by atoms with Gasteiger partial charge in [0, 0.05) is 44.1 Å². The van der Waals surface area contributed by atoms with Gasteiger partial charge in [-0.2, -0.15) is 0 Å². The van der Waals surface area contributed by atoms with Gasteiger partial charge in [0.1, 0.15) is 23.2 Å². The third-order valence-corrected chi connectivity index (χ3v) is 5.75. The first-order valence-electron chi connectivity index (χ1n) is 9.99. The number of H-pyrrole nitrogens is 1. The number of nitrogens with zero attached hydrogens (tertiary/aromatic N) is 8. The highest BCUT2D eigenvalue weighted by molar-refractivity contribution is 5.89. The van der Waals surface area contributed by atoms with Crippen LogP contribution in [-0.2, 0) is 0 Å². The van der Waals surface area contributed by atoms with Crippen LogP contribution in [0.2, 0.25) is 0 Å². The van der Waals surface area contributed by atoms with E-state index in [0.717, 1.165) is 42.9 Å². The van der Waals surface area contributed by atoms with Crippen molar-refractivity contribution in [3.8, 4) is 11.3 Å². The lowest BCUT2D eigenvalue weighted by Gasteiger charge is -2.33. The van der Waals surface area contributed by atoms with Crippen LogP contribution in [0, 0.1) is 5.82 Å². The minimum Gasteiger partial charge on any atom is -0.366 e. The van der Waals surface area contributed by atoms with Crippen molar-refractivity contribution in [1.29, 1.82) is 0 Å². The van der Waals surface area contributed by atoms with Crippen molar-refractivity contribution in [1.82, 2.24) is 34.8 Å². The molecule has 0 aliphatic carbocycles. The number of fused-ring (bicyclic) bond motifs is 2. The molecule has 0 unspecified atom stereocenters. The van der Waals surface area contributed by atoms with E-state index >= 15 is 4.39 Å². The molecule has 0 bridgehead atoms. The fraction of sp³-hybridized carbons (Fsp3) is 0.238. The van der Waals surface area contributed by atoms with Crippen molar-refractivity contribution in [2.24, 2.45) is 4.99 Å². The Morgan fingerprint density at radius 1 is 0.968 bits per heavy atom. The summed E-state index contributed by atoms with van der Waals surface area (Å²) in [6, 6.07) is 0. The zero-order valence-electron chi connectivity index (χ0n) is 16.7. The molecule has 2 aliphatic heterocycles. The van der Waals surface area contributed by atoms with Gasteiger partial charge < -0.3 is 14.8 Å². The second kappa shape index (κ2) is 6.88. The lowest BCUT2D eigenvalue weighted by molar-refractivity contribution is 0.313. The summed E-state index contributed by atoms with van der Waals surface area (Å²) in [5, 5.41) is 0.910. The molecule has 1 fully saturated rings. The predicted octanol–water partition coefficient (Wildman–Crippen LogP) is 0.490. The van der Waals surface area contributed by atoms with Gasteiger partial charge in [0.05, 0.1) is 40.4 Å². The summed E-state index contributed by atoms with van der Waals surface area (Å²) >= 11 is 0. The third-order valence-electron chi connectivity index (χ3n) is 5.75. The number of aromatic nitrogens is 6. The largest absolute Gasteiger partial charge is 0.366 e. The molecule has 4 aromatic heterocycles. The lowest BCUT2D eigenvalue weighted by Crippen LogP contribution is -2.44. The highest BCUT2D eigenvalue weighted by atomic mass is 19.1. The summed E-state index contributed by atoms with van der Waals surface area (Å²) in [6.07, 6.45) is 9.61. The minimum absolute atomic E-state index is 0.197. The Balaban J connectivity index is 1.46. The van der Waals surface area contributed by atoms with Gasteiger partial charge in [-0.15, -0.1) is 0 Å². The Kier molecular flexibility index (Phi) is 4.00. The quantitative estimate of drug-likeness (QED) is 0.520. The predicted molar refractivity (Wildman–Crippen MR) is 112 cm³/mol. The molecule has 0 aromatic carbocycles. The molecule has 0 radical (unpaired) electrons. The summed E-state index contributed by atoms with van der Waals surface area (Å²) in [6.45, 7) is 3.79. The van der Waals surface area contributed by atoms with Crippen molar-refractivity contribution in [3.05, 3.63) is 59.5 Å². The second-order valence-corrected chi connectivity index (χ2v) is 7.70. The number of anilines is 1. The van der Waals surface area contributed by atoms with Crippen molar-refractivity contribution in [2.45, 2.75) is 0 Å². The van der Waals surface area contributed by atoms with Crippen LogP contribution < -0.4 is 15.5 Å². The van der Waals surface area contributed by atoms with E-state index in [9.17, 15) is 0 Å². The lowest BCUT2D eigenvalue weighted by atomic mass is 10.1. The van der Waals surface area contributed by atoms with E-state index in [1.807, 2.05) is 6.20 Å². The van der Waals surface area contributed by atoms with E-state index in [1.165, 1.54) is 18.7 Å². The van der Waals surface area contributed by atoms with Gasteiger partial charge in [-0.1, -0.05) is 0 Å². The molecule has 154 valence electrons. The monoisotopic (exact) mass is 415 g/mol. The Morgan fingerprint density at radius 3 is 2.58 bits per heavy atom. The van der Waals surface area contributed by atoms with Crippen LogP contribution in [0.25, 0.3) is 28.0 Å². The summed E-state index contributed by atoms with van der Waals surface area (Å²) in [5.41, 5.74) is 3.78. The molecular weight excluding hydrogens is 397 g/mol. The molecule has 0 saturated carbocycles. The van der Waals surface area contributed by atoms with Gasteiger partial charge in [-0.25, -0.2) is 24.3 Å². The van der Waals surface area contributed by atoms with Crippen LogP contribution in [0.15, 0.2) is 42.3 Å². The van der Waals surface area contributed by atoms with Gasteiger partial charge >= 0.3 is 0 Å². The number of rotatable bonds is 3. The maximum atomic E-state index is 15.3. The number of nitrogens with one attached hydrogen (secondary N) is 1. The molecule has 4 aromatic rings. The van der Waals surface area contributed by atoms with Crippen LogP contribution in [-0.4, -0.2) is 68.0 Å². The summed E-state index contributed by atoms with van der Waals surface area (Å²) in [4.78, 5) is 33.6. The smallest absolute Gasteiger partial charge is 0.161 e. The molecule has 0 atom stereocenters. The summed E-state index contributed by atoms with van der Waals surface area (Å²) in [5.74, 6) is 0.0708. The average Bonchev–Trinajstić information content (AvgIpc) is 3.20. The first-order valence-corrected chi connectivity index (χ1v) is 9.99. The number of pyridine rings is 2. The minimum atomic E-state index is -0.449. The van der Waals surface area contributed by atoms with E-state index in [-0.39, 0.29) is 5.69 Å². The van der Waals surface area contributed by atoms with Crippen LogP contribution in [0.1, 0.15) is 5.82 Å². The number of halogens is 1. The molecule has 1 N–H and O–H groups in total. The van der Waals surface area contributed by atoms with Gasteiger partial charge in [-0.05, 0) is 7.05 Å². The first-order chi connectivity index (χ1) is 15.2. The van der Waals surface area contributed by atoms with Crippen LogP contribution in [0.4, 0.5) is 10.1 Å². The number of piperazine rings is 1. The molecular formula is C21H18FN9. The van der Waals surface area contributed by atoms with Gasteiger partial charge in [-0.3, -0.25) is 9.97 Å². The van der Waals surface area contributed by atoms with Crippen molar-refractivity contribution < 1.29 is 4.39 Å². The fourth-order valence-corrected chi connectivity index (χ4v) is 4.02. The zero-order valence-corrected chi connectivity index (χ0v) is 16.7. The molecule has 10 heteroatoms. The van der Waals surface area contributed by atoms with E-state index in [0.29, 0.717) is 27.7 Å². The number of likely N-dealkylation sites (N-methyl/N-ethyl adjacent to an activating group) is 1. The van der Waals surface area contributed by atoms with E-state index in [4.69, 9.17) is 4.98 Å². The van der Waals surface area contributed by atoms with E-state index < -0.39 is 5.82 Å². The Morgan fingerprint density at radius 2 is 1.77 bits per heavy atom. The molecule has 6 rings (SSSR count). The van der Waals surface area contributed by atoms with Gasteiger partial charge in [0.2, 0.25) is 0 Å². The zero-order chi connectivity index (χ0) is 20.9. The van der Waals surface area contributed by atoms with Gasteiger partial charge in [0.25, 0.3) is 0 Å². The van der Waals surface area contributed by atoms with Crippen molar-refractivity contribution in [2.75, 3.05) is 38.1 Å². The topological polar surface area (TPSA) is 99.1 Å².